The molecular formula is C64H98N14O19S. The summed E-state index contributed by atoms with van der Waals surface area (Å²) in [6.07, 6.45) is 6.13. The highest BCUT2D eigenvalue weighted by atomic mass is 32.2. The Labute approximate surface area is 570 Å². The van der Waals surface area contributed by atoms with Crippen molar-refractivity contribution in [1.29, 1.82) is 0 Å². The summed E-state index contributed by atoms with van der Waals surface area (Å²) in [7, 11) is -1.31. The first-order chi connectivity index (χ1) is 47.0. The van der Waals surface area contributed by atoms with E-state index >= 15 is 0 Å². The van der Waals surface area contributed by atoms with E-state index in [2.05, 4.69) is 51.5 Å². The molecule has 33 nitrogen and oxygen atoms in total. The number of carboxylic acids is 3. The Morgan fingerprint density at radius 3 is 1.81 bits per heavy atom. The second-order valence-electron chi connectivity index (χ2n) is 23.4. The first kappa shape index (κ1) is 80.5. The van der Waals surface area contributed by atoms with Crippen molar-refractivity contribution >= 4 is 74.3 Å². The van der Waals surface area contributed by atoms with Crippen LogP contribution in [0.2, 0.25) is 0 Å². The number of imidazole rings is 1. The summed E-state index contributed by atoms with van der Waals surface area (Å²) < 4.78 is 58.8. The fourth-order valence-corrected chi connectivity index (χ4v) is 12.2. The number of carboxylic acid groups (broad SMARTS) is 3. The predicted molar refractivity (Wildman–Crippen MR) is 360 cm³/mol. The normalized spacial score (nSPS) is 14.5. The van der Waals surface area contributed by atoms with Gasteiger partial charge in [-0.05, 0) is 87.0 Å². The second kappa shape index (κ2) is 43.3. The molecular weight excluding hydrogens is 1300 g/mol. The van der Waals surface area contributed by atoms with Crippen LogP contribution in [0, 0.1) is 13.8 Å². The number of anilines is 1. The molecule has 98 heavy (non-hydrogen) atoms. The van der Waals surface area contributed by atoms with E-state index in [0.717, 1.165) is 5.56 Å². The van der Waals surface area contributed by atoms with Crippen molar-refractivity contribution in [3.63, 3.8) is 0 Å². The molecule has 0 aliphatic carbocycles. The lowest BCUT2D eigenvalue weighted by molar-refractivity contribution is -0.140. The van der Waals surface area contributed by atoms with Gasteiger partial charge in [0.2, 0.25) is 39.1 Å². The number of H-pyrrole nitrogens is 1. The zero-order valence-corrected chi connectivity index (χ0v) is 57.5. The molecule has 0 spiro atoms. The molecule has 0 radical (unpaired) electrons. The highest BCUT2D eigenvalue weighted by Crippen LogP contribution is 2.26. The van der Waals surface area contributed by atoms with Crippen LogP contribution in [0.1, 0.15) is 72.5 Å². The minimum atomic E-state index is -4.47. The number of hydrogen-bond acceptors (Lipinski definition) is 22. The number of hydrogen-bond donors (Lipinski definition) is 11. The van der Waals surface area contributed by atoms with Crippen molar-refractivity contribution in [2.24, 2.45) is 7.05 Å². The summed E-state index contributed by atoms with van der Waals surface area (Å²) in [5.41, 5.74) is 1.06. The number of pyridine rings is 1. The third kappa shape index (κ3) is 29.5. The van der Waals surface area contributed by atoms with Crippen molar-refractivity contribution in [2.75, 3.05) is 170 Å². The van der Waals surface area contributed by atoms with Crippen molar-refractivity contribution < 1.29 is 85.8 Å². The molecule has 0 bridgehead atoms. The first-order valence-corrected chi connectivity index (χ1v) is 34.2. The number of aromatic nitrogens is 3. The standard InChI is InChI=1S/C64H98N14O19S/c1-6-75-20-22-76(24-25-78(44-58(84)85)27-26-77(23-21-75)43-57(82)83)42-56(81)72-51(13-14-55(80)66-19-31-93-5)62(88)67-16-9-29-95-33-35-96-34-32-94-28-8-15-65-54(79)10-7-30-97-48-36-45(2)60(46(3)37-48)98(91,92)73-52(63(89)90)40-70-61(87)50-41-74(4)53-38-47(11-12-49(53)59(50)86)39-71-64-68-17-18-69-64/h11-12,17-18,36-38,41,51-52,73H,6-10,13-16,19-35,39-40,42-44H2,1-5H3,(H,65,79)(H,66,80)(H,67,88)(H,70,87)(H,72,81)(H,82,83)(H,84,85)(H,89,90)(H2,68,69,71)/t51-,52+/m1/s1. The Morgan fingerprint density at radius 1 is 0.663 bits per heavy atom. The minimum absolute atomic E-state index is 0.0301. The van der Waals surface area contributed by atoms with Crippen LogP contribution in [0.15, 0.2) is 58.6 Å². The Bertz CT molecular complexity index is 3370. The third-order valence-electron chi connectivity index (χ3n) is 15.7. The van der Waals surface area contributed by atoms with Gasteiger partial charge in [-0.2, -0.15) is 4.72 Å². The smallest absolute Gasteiger partial charge is 0.323 e. The van der Waals surface area contributed by atoms with Crippen LogP contribution in [0.4, 0.5) is 5.95 Å². The first-order valence-electron chi connectivity index (χ1n) is 32.7. The molecule has 3 heterocycles. The van der Waals surface area contributed by atoms with E-state index < -0.39 is 69.7 Å². The highest BCUT2D eigenvalue weighted by Gasteiger charge is 2.30. The largest absolute Gasteiger partial charge is 0.494 e. The molecule has 1 fully saturated rings. The summed E-state index contributed by atoms with van der Waals surface area (Å²) in [6.45, 7) is 11.6. The summed E-state index contributed by atoms with van der Waals surface area (Å²) >= 11 is 0. The molecule has 1 aliphatic rings. The van der Waals surface area contributed by atoms with Gasteiger partial charge >= 0.3 is 17.9 Å². The number of benzene rings is 2. The summed E-state index contributed by atoms with van der Waals surface area (Å²) in [5, 5.41) is 46.0. The molecule has 2 atom stereocenters. The minimum Gasteiger partial charge on any atom is -0.494 e. The lowest BCUT2D eigenvalue weighted by atomic mass is 10.1. The molecule has 34 heteroatoms. The second-order valence-corrected chi connectivity index (χ2v) is 25.1. The van der Waals surface area contributed by atoms with Gasteiger partial charge < -0.3 is 85.4 Å². The molecule has 11 N–H and O–H groups in total. The van der Waals surface area contributed by atoms with Crippen LogP contribution >= 0.6 is 0 Å². The topological polar surface area (TPSA) is 425 Å². The zero-order chi connectivity index (χ0) is 71.4. The molecule has 5 amide bonds. The fourth-order valence-electron chi connectivity index (χ4n) is 10.6. The van der Waals surface area contributed by atoms with E-state index in [0.29, 0.717) is 148 Å². The molecule has 2 aromatic heterocycles. The highest BCUT2D eigenvalue weighted by molar-refractivity contribution is 7.89. The average Bonchev–Trinajstić information content (AvgIpc) is 0.797. The van der Waals surface area contributed by atoms with Crippen LogP contribution in [0.5, 0.6) is 5.75 Å². The Hall–Kier alpha value is -8.19. The van der Waals surface area contributed by atoms with Crippen molar-refractivity contribution in [1.82, 2.24) is 65.4 Å². The van der Waals surface area contributed by atoms with Crippen LogP contribution in [0.3, 0.4) is 0 Å². The number of aliphatic carboxylic acids is 3. The Kier molecular flexibility index (Phi) is 35.5. The number of fused-ring (bicyclic) bond motifs is 1. The Balaban J connectivity index is 0.927. The van der Waals surface area contributed by atoms with E-state index in [1.54, 1.807) is 52.0 Å². The SMILES string of the molecule is CCN1CCN(CC(=O)O)CCN(CC(=O)O)CCN(CC(=O)N[C@H](CCC(=O)NCCOC)C(=O)NCCCOCCOCCOCCCNC(=O)CCCOc2cc(C)c(S(=O)(=O)N[C@@H](CNC(=O)c3cn(C)c4cc(CNc5ncc[nH]5)ccc4c3=O)C(=O)O)c(C)c2)CC1. The van der Waals surface area contributed by atoms with Gasteiger partial charge in [0.05, 0.1) is 69.7 Å². The van der Waals surface area contributed by atoms with Gasteiger partial charge in [-0.3, -0.25) is 57.9 Å². The lowest BCUT2D eigenvalue weighted by Gasteiger charge is -2.33. The maximum Gasteiger partial charge on any atom is 0.323 e. The fraction of sp³-hybridized carbons (Fsp3) is 0.594. The summed E-state index contributed by atoms with van der Waals surface area (Å²) in [4.78, 5) is 129. The number of ether oxygens (including phenoxy) is 5. The average molecular weight is 1400 g/mol. The number of carbonyl (C=O) groups is 8. The number of nitrogens with zero attached hydrogens (tertiary/aromatic N) is 6. The van der Waals surface area contributed by atoms with Crippen LogP contribution in [-0.2, 0) is 76.1 Å². The van der Waals surface area contributed by atoms with Crippen molar-refractivity contribution in [3.8, 4) is 5.75 Å². The molecule has 1 aliphatic heterocycles. The molecule has 2 aromatic carbocycles. The molecule has 4 aromatic rings. The number of sulfonamides is 1. The zero-order valence-electron chi connectivity index (χ0n) is 56.7. The molecule has 544 valence electrons. The van der Waals surface area contributed by atoms with Gasteiger partial charge in [0.15, 0.2) is 5.95 Å². The van der Waals surface area contributed by atoms with Gasteiger partial charge in [-0.25, -0.2) is 13.4 Å². The van der Waals surface area contributed by atoms with Gasteiger partial charge in [-0.15, -0.1) is 0 Å². The maximum atomic E-state index is 13.7. The van der Waals surface area contributed by atoms with E-state index in [4.69, 9.17) is 23.7 Å². The van der Waals surface area contributed by atoms with Crippen molar-refractivity contribution in [2.45, 2.75) is 82.8 Å². The number of rotatable bonds is 44. The van der Waals surface area contributed by atoms with Gasteiger partial charge in [0, 0.05) is 149 Å². The van der Waals surface area contributed by atoms with E-state index in [1.807, 2.05) is 11.8 Å². The van der Waals surface area contributed by atoms with Crippen LogP contribution in [0.25, 0.3) is 10.9 Å². The van der Waals surface area contributed by atoms with Gasteiger partial charge in [0.25, 0.3) is 5.91 Å². The number of aromatic amines is 1. The Morgan fingerprint density at radius 2 is 1.23 bits per heavy atom. The monoisotopic (exact) mass is 1400 g/mol. The molecule has 0 unspecified atom stereocenters. The quantitative estimate of drug-likeness (QED) is 0.0244. The van der Waals surface area contributed by atoms with Gasteiger partial charge in [-0.1, -0.05) is 13.0 Å². The van der Waals surface area contributed by atoms with E-state index in [-0.39, 0.29) is 104 Å². The number of nitrogens with one attached hydrogen (secondary N) is 8. The third-order valence-corrected chi connectivity index (χ3v) is 17.5. The predicted octanol–water partition coefficient (Wildman–Crippen LogP) is -0.688. The summed E-state index contributed by atoms with van der Waals surface area (Å²) in [5.74, 6) is -4.95. The molecule has 5 rings (SSSR count). The molecule has 1 saturated heterocycles. The number of methoxy groups -OCH3 is 1. The van der Waals surface area contributed by atoms with Crippen LogP contribution < -0.4 is 46.8 Å². The summed E-state index contributed by atoms with van der Waals surface area (Å²) in [6, 6.07) is 5.26. The number of carbonyl (C=O) groups excluding carboxylic acids is 5. The van der Waals surface area contributed by atoms with Crippen molar-refractivity contribution in [3.05, 3.63) is 81.4 Å². The van der Waals surface area contributed by atoms with E-state index in [9.17, 15) is 66.9 Å². The van der Waals surface area contributed by atoms with Gasteiger partial charge in [0.1, 0.15) is 23.4 Å². The maximum absolute atomic E-state index is 13.7. The van der Waals surface area contributed by atoms with E-state index in [1.165, 1.54) is 39.3 Å². The number of amides is 5. The number of likely N-dealkylation sites (N-methyl/N-ethyl adjacent to an activating group) is 1. The lowest BCUT2D eigenvalue weighted by Crippen LogP contribution is -2.52. The molecule has 0 saturated carbocycles. The van der Waals surface area contributed by atoms with Crippen LogP contribution in [-0.4, -0.2) is 282 Å². The number of aryl methyl sites for hydroxylation is 3.